The van der Waals surface area contributed by atoms with Crippen molar-refractivity contribution in [2.75, 3.05) is 39.8 Å². The molecule has 0 unspecified atom stereocenters. The van der Waals surface area contributed by atoms with Gasteiger partial charge in [-0.15, -0.1) is 0 Å². The van der Waals surface area contributed by atoms with E-state index in [0.29, 0.717) is 18.3 Å². The molecule has 2 rings (SSSR count). The van der Waals surface area contributed by atoms with Gasteiger partial charge in [-0.05, 0) is 33.7 Å². The summed E-state index contributed by atoms with van der Waals surface area (Å²) in [4.78, 5) is 17.0. The Morgan fingerprint density at radius 1 is 1.36 bits per heavy atom. The minimum absolute atomic E-state index is 0.0703. The van der Waals surface area contributed by atoms with Crippen molar-refractivity contribution in [2.45, 2.75) is 39.7 Å². The van der Waals surface area contributed by atoms with Gasteiger partial charge in [0.15, 0.2) is 5.69 Å². The van der Waals surface area contributed by atoms with Crippen LogP contribution in [-0.2, 0) is 6.42 Å². The first kappa shape index (κ1) is 17.0. The van der Waals surface area contributed by atoms with Gasteiger partial charge in [-0.3, -0.25) is 14.8 Å². The van der Waals surface area contributed by atoms with E-state index >= 15 is 0 Å². The van der Waals surface area contributed by atoms with Crippen molar-refractivity contribution in [1.82, 2.24) is 25.3 Å². The van der Waals surface area contributed by atoms with Crippen LogP contribution in [0, 0.1) is 6.92 Å². The van der Waals surface area contributed by atoms with Crippen LogP contribution in [0.3, 0.4) is 0 Å². The monoisotopic (exact) mass is 307 g/mol. The minimum atomic E-state index is -0.0703. The molecule has 22 heavy (non-hydrogen) atoms. The maximum absolute atomic E-state index is 12.2. The third-order valence-electron chi connectivity index (χ3n) is 4.69. The van der Waals surface area contributed by atoms with Gasteiger partial charge < -0.3 is 10.2 Å². The molecule has 1 amide bonds. The Morgan fingerprint density at radius 3 is 2.64 bits per heavy atom. The molecule has 1 aliphatic heterocycles. The van der Waals surface area contributed by atoms with E-state index in [1.807, 2.05) is 6.92 Å². The first-order valence-electron chi connectivity index (χ1n) is 8.27. The summed E-state index contributed by atoms with van der Waals surface area (Å²) in [5, 5.41) is 10.1. The number of nitrogens with zero attached hydrogens (tertiary/aromatic N) is 3. The molecule has 1 atom stereocenters. The fourth-order valence-electron chi connectivity index (χ4n) is 2.92. The van der Waals surface area contributed by atoms with Crippen LogP contribution in [0.4, 0.5) is 0 Å². The van der Waals surface area contributed by atoms with Gasteiger partial charge in [0.2, 0.25) is 0 Å². The predicted octanol–water partition coefficient (Wildman–Crippen LogP) is 1.04. The summed E-state index contributed by atoms with van der Waals surface area (Å²) < 4.78 is 0. The number of amides is 1. The largest absolute Gasteiger partial charge is 0.351 e. The molecule has 2 heterocycles. The van der Waals surface area contributed by atoms with E-state index in [4.69, 9.17) is 0 Å². The summed E-state index contributed by atoms with van der Waals surface area (Å²) >= 11 is 0. The SMILES string of the molecule is CCc1[nH]nc(C(=O)NCC[C@@H](C)N2CCN(C)CC2)c1C. The Morgan fingerprint density at radius 2 is 2.05 bits per heavy atom. The molecule has 1 aromatic heterocycles. The average molecular weight is 307 g/mol. The molecule has 0 spiro atoms. The molecule has 6 nitrogen and oxygen atoms in total. The number of aromatic amines is 1. The number of aromatic nitrogens is 2. The number of rotatable bonds is 6. The van der Waals surface area contributed by atoms with E-state index in [-0.39, 0.29) is 5.91 Å². The average Bonchev–Trinajstić information content (AvgIpc) is 2.88. The molecule has 0 aromatic carbocycles. The minimum Gasteiger partial charge on any atom is -0.351 e. The van der Waals surface area contributed by atoms with E-state index < -0.39 is 0 Å². The van der Waals surface area contributed by atoms with Crippen LogP contribution in [0.1, 0.15) is 42.0 Å². The highest BCUT2D eigenvalue weighted by molar-refractivity contribution is 5.93. The van der Waals surface area contributed by atoms with Crippen LogP contribution >= 0.6 is 0 Å². The van der Waals surface area contributed by atoms with Gasteiger partial charge in [0.25, 0.3) is 5.91 Å². The van der Waals surface area contributed by atoms with Crippen molar-refractivity contribution in [1.29, 1.82) is 0 Å². The molecule has 6 heteroatoms. The van der Waals surface area contributed by atoms with Crippen molar-refractivity contribution < 1.29 is 4.79 Å². The lowest BCUT2D eigenvalue weighted by atomic mass is 10.1. The van der Waals surface area contributed by atoms with Crippen LogP contribution < -0.4 is 5.32 Å². The smallest absolute Gasteiger partial charge is 0.272 e. The second-order valence-corrected chi connectivity index (χ2v) is 6.26. The Labute approximate surface area is 133 Å². The summed E-state index contributed by atoms with van der Waals surface area (Å²) in [6, 6.07) is 0.500. The first-order valence-corrected chi connectivity index (χ1v) is 8.27. The third-order valence-corrected chi connectivity index (χ3v) is 4.69. The Balaban J connectivity index is 1.75. The molecule has 0 saturated carbocycles. The van der Waals surface area contributed by atoms with Crippen LogP contribution in [0.2, 0.25) is 0 Å². The molecule has 0 radical (unpaired) electrons. The lowest BCUT2D eigenvalue weighted by Gasteiger charge is -2.36. The summed E-state index contributed by atoms with van der Waals surface area (Å²) in [7, 11) is 2.17. The zero-order valence-electron chi connectivity index (χ0n) is 14.3. The predicted molar refractivity (Wildman–Crippen MR) is 88.2 cm³/mol. The van der Waals surface area contributed by atoms with Crippen LogP contribution in [0.25, 0.3) is 0 Å². The standard InChI is InChI=1S/C16H29N5O/c1-5-14-13(3)15(19-18-14)16(22)17-7-6-12(2)21-10-8-20(4)9-11-21/h12H,5-11H2,1-4H3,(H,17,22)(H,18,19)/t12-/m1/s1. The molecule has 2 N–H and O–H groups in total. The second kappa shape index (κ2) is 7.74. The summed E-state index contributed by atoms with van der Waals surface area (Å²) in [6.45, 7) is 11.4. The first-order chi connectivity index (χ1) is 10.5. The fourth-order valence-corrected chi connectivity index (χ4v) is 2.92. The van der Waals surface area contributed by atoms with Crippen LogP contribution in [0.15, 0.2) is 0 Å². The van der Waals surface area contributed by atoms with E-state index in [9.17, 15) is 4.79 Å². The Bertz CT molecular complexity index is 491. The number of carbonyl (C=O) groups is 1. The van der Waals surface area contributed by atoms with Gasteiger partial charge in [-0.2, -0.15) is 5.10 Å². The summed E-state index contributed by atoms with van der Waals surface area (Å²) in [6.07, 6.45) is 1.84. The van der Waals surface area contributed by atoms with E-state index in [2.05, 4.69) is 46.2 Å². The zero-order chi connectivity index (χ0) is 16.1. The lowest BCUT2D eigenvalue weighted by molar-refractivity contribution is 0.0929. The van der Waals surface area contributed by atoms with Gasteiger partial charge in [0, 0.05) is 50.0 Å². The number of hydrogen-bond acceptors (Lipinski definition) is 4. The molecular weight excluding hydrogens is 278 g/mol. The van der Waals surface area contributed by atoms with Crippen molar-refractivity contribution in [2.24, 2.45) is 0 Å². The van der Waals surface area contributed by atoms with Crippen molar-refractivity contribution in [3.05, 3.63) is 17.0 Å². The number of hydrogen-bond donors (Lipinski definition) is 2. The Hall–Kier alpha value is -1.40. The molecule has 124 valence electrons. The molecule has 1 aliphatic rings. The van der Waals surface area contributed by atoms with Crippen LogP contribution in [0.5, 0.6) is 0 Å². The number of aryl methyl sites for hydroxylation is 1. The van der Waals surface area contributed by atoms with E-state index in [1.165, 1.54) is 0 Å². The number of carbonyl (C=O) groups excluding carboxylic acids is 1. The number of piperazine rings is 1. The maximum atomic E-state index is 12.2. The highest BCUT2D eigenvalue weighted by Gasteiger charge is 2.19. The van der Waals surface area contributed by atoms with Crippen molar-refractivity contribution in [3.63, 3.8) is 0 Å². The molecule has 1 fully saturated rings. The van der Waals surface area contributed by atoms with Gasteiger partial charge >= 0.3 is 0 Å². The molecular formula is C16H29N5O. The van der Waals surface area contributed by atoms with E-state index in [0.717, 1.165) is 50.3 Å². The lowest BCUT2D eigenvalue weighted by Crippen LogP contribution is -2.48. The Kier molecular flexibility index (Phi) is 5.97. The second-order valence-electron chi connectivity index (χ2n) is 6.26. The topological polar surface area (TPSA) is 64.3 Å². The van der Waals surface area contributed by atoms with Gasteiger partial charge in [0.05, 0.1) is 0 Å². The zero-order valence-corrected chi connectivity index (χ0v) is 14.3. The highest BCUT2D eigenvalue weighted by atomic mass is 16.1. The molecule has 0 bridgehead atoms. The van der Waals surface area contributed by atoms with Crippen LogP contribution in [-0.4, -0.2) is 71.7 Å². The summed E-state index contributed by atoms with van der Waals surface area (Å²) in [5.74, 6) is -0.0703. The quantitative estimate of drug-likeness (QED) is 0.824. The fraction of sp³-hybridized carbons (Fsp3) is 0.750. The molecule has 1 aromatic rings. The van der Waals surface area contributed by atoms with Crippen molar-refractivity contribution >= 4 is 5.91 Å². The molecule has 0 aliphatic carbocycles. The number of nitrogens with one attached hydrogen (secondary N) is 2. The normalized spacial score (nSPS) is 18.4. The van der Waals surface area contributed by atoms with E-state index in [1.54, 1.807) is 0 Å². The molecule has 1 saturated heterocycles. The maximum Gasteiger partial charge on any atom is 0.272 e. The summed E-state index contributed by atoms with van der Waals surface area (Å²) in [5.41, 5.74) is 2.53. The number of likely N-dealkylation sites (N-methyl/N-ethyl adjacent to an activating group) is 1. The van der Waals surface area contributed by atoms with Gasteiger partial charge in [0.1, 0.15) is 0 Å². The van der Waals surface area contributed by atoms with Gasteiger partial charge in [-0.1, -0.05) is 6.92 Å². The highest BCUT2D eigenvalue weighted by Crippen LogP contribution is 2.11. The van der Waals surface area contributed by atoms with Gasteiger partial charge in [-0.25, -0.2) is 0 Å². The van der Waals surface area contributed by atoms with Crippen molar-refractivity contribution in [3.8, 4) is 0 Å². The third kappa shape index (κ3) is 4.08. The number of H-pyrrole nitrogens is 1.